The van der Waals surface area contributed by atoms with Crippen LogP contribution in [0.1, 0.15) is 5.56 Å². The van der Waals surface area contributed by atoms with E-state index in [4.69, 9.17) is 14.2 Å². The van der Waals surface area contributed by atoms with Crippen molar-refractivity contribution < 1.29 is 33.5 Å². The molecular formula is C23H21N3O8S. The molecule has 1 saturated heterocycles. The number of methoxy groups -OCH3 is 1. The van der Waals surface area contributed by atoms with Crippen molar-refractivity contribution in [2.45, 2.75) is 24.1 Å². The Kier molecular flexibility index (Phi) is 7.20. The van der Waals surface area contributed by atoms with E-state index < -0.39 is 40.2 Å². The summed E-state index contributed by atoms with van der Waals surface area (Å²) in [5.74, 6) is -0.862. The lowest BCUT2D eigenvalue weighted by Gasteiger charge is -2.51. The van der Waals surface area contributed by atoms with E-state index in [0.717, 1.165) is 0 Å². The van der Waals surface area contributed by atoms with Crippen molar-refractivity contribution in [3.05, 3.63) is 81.4 Å². The van der Waals surface area contributed by atoms with Gasteiger partial charge in [-0.05, 0) is 29.8 Å². The van der Waals surface area contributed by atoms with Crippen molar-refractivity contribution in [3.8, 4) is 5.75 Å². The molecule has 0 saturated carbocycles. The Morgan fingerprint density at radius 3 is 2.51 bits per heavy atom. The van der Waals surface area contributed by atoms with E-state index >= 15 is 0 Å². The number of hydrogen-bond donors (Lipinski definition) is 1. The van der Waals surface area contributed by atoms with Gasteiger partial charge in [-0.15, -0.1) is 11.8 Å². The Balaban J connectivity index is 1.36. The first-order valence-corrected chi connectivity index (χ1v) is 11.4. The summed E-state index contributed by atoms with van der Waals surface area (Å²) in [6.45, 7) is -0.397. The van der Waals surface area contributed by atoms with Gasteiger partial charge in [-0.3, -0.25) is 19.7 Å². The highest BCUT2D eigenvalue weighted by molar-refractivity contribution is 8.02. The third-order valence-corrected chi connectivity index (χ3v) is 6.51. The van der Waals surface area contributed by atoms with Crippen molar-refractivity contribution in [1.82, 2.24) is 10.2 Å². The first-order valence-electron chi connectivity index (χ1n) is 10.5. The van der Waals surface area contributed by atoms with Crippen LogP contribution in [-0.2, 0) is 30.5 Å². The number of rotatable bonds is 9. The molecule has 0 aromatic heterocycles. The minimum Gasteiger partial charge on any atom is -0.498 e. The number of non-ortho nitro benzene ring substituents is 1. The van der Waals surface area contributed by atoms with E-state index in [2.05, 4.69) is 5.32 Å². The molecule has 11 nitrogen and oxygen atoms in total. The molecule has 0 bridgehead atoms. The fourth-order valence-electron chi connectivity index (χ4n) is 3.59. The molecule has 0 radical (unpaired) electrons. The van der Waals surface area contributed by atoms with Crippen LogP contribution < -0.4 is 10.1 Å². The lowest BCUT2D eigenvalue weighted by atomic mass is 10.0. The first-order chi connectivity index (χ1) is 16.9. The van der Waals surface area contributed by atoms with Crippen molar-refractivity contribution in [2.24, 2.45) is 0 Å². The number of nitrogens with zero attached hydrogens (tertiary/aromatic N) is 2. The molecule has 1 fully saturated rings. The van der Waals surface area contributed by atoms with E-state index in [1.54, 1.807) is 29.7 Å². The molecule has 1 N–H and O–H groups in total. The molecule has 0 spiro atoms. The van der Waals surface area contributed by atoms with Gasteiger partial charge in [0.05, 0.1) is 12.0 Å². The van der Waals surface area contributed by atoms with Gasteiger partial charge in [0.15, 0.2) is 12.6 Å². The fourth-order valence-corrected chi connectivity index (χ4v) is 4.79. The quantitative estimate of drug-likeness (QED) is 0.238. The summed E-state index contributed by atoms with van der Waals surface area (Å²) in [5.41, 5.74) is 0.470. The van der Waals surface area contributed by atoms with Crippen LogP contribution in [0.4, 0.5) is 5.69 Å². The summed E-state index contributed by atoms with van der Waals surface area (Å²) < 4.78 is 16.1. The molecule has 2 aliphatic rings. The zero-order chi connectivity index (χ0) is 24.9. The maximum atomic E-state index is 12.9. The van der Waals surface area contributed by atoms with E-state index in [1.165, 1.54) is 48.0 Å². The number of esters is 1. The highest BCUT2D eigenvalue weighted by Gasteiger charge is 2.56. The number of para-hydroxylation sites is 1. The number of nitrogens with one attached hydrogen (secondary N) is 1. The van der Waals surface area contributed by atoms with Crippen LogP contribution in [-0.4, -0.2) is 58.8 Å². The number of benzene rings is 2. The molecule has 182 valence electrons. The number of amides is 2. The van der Waals surface area contributed by atoms with Crippen LogP contribution in [0, 0.1) is 10.1 Å². The number of ether oxygens (including phenoxy) is 3. The second-order valence-corrected chi connectivity index (χ2v) is 8.57. The van der Waals surface area contributed by atoms with Crippen LogP contribution in [0.15, 0.2) is 65.8 Å². The smallest absolute Gasteiger partial charge is 0.337 e. The van der Waals surface area contributed by atoms with Crippen molar-refractivity contribution in [3.63, 3.8) is 0 Å². The number of carbonyl (C=O) groups excluding carboxylic acids is 3. The second kappa shape index (κ2) is 10.5. The minimum absolute atomic E-state index is 0.0785. The van der Waals surface area contributed by atoms with Crippen molar-refractivity contribution >= 4 is 35.2 Å². The van der Waals surface area contributed by atoms with Gasteiger partial charge in [0.2, 0.25) is 5.91 Å². The van der Waals surface area contributed by atoms with E-state index in [1.807, 2.05) is 6.07 Å². The molecule has 2 amide bonds. The topological polar surface area (TPSA) is 137 Å². The third kappa shape index (κ3) is 5.22. The Morgan fingerprint density at radius 1 is 1.14 bits per heavy atom. The summed E-state index contributed by atoms with van der Waals surface area (Å²) in [6, 6.07) is 12.5. The highest BCUT2D eigenvalue weighted by Crippen LogP contribution is 2.40. The van der Waals surface area contributed by atoms with E-state index in [9.17, 15) is 24.5 Å². The largest absolute Gasteiger partial charge is 0.498 e. The standard InChI is InChI=1S/C23H21N3O8S/c1-32-17-13-35-22-19(24-18(27)12-33-16-5-3-2-4-6-16)21(28)25(22)20(17)23(29)34-11-14-7-9-15(10-8-14)26(30)31/h2-10,13,19-20,22H,11-12H2,1H3,(H,24,27)/t19-,20?,22+/m1/s1. The molecule has 12 heteroatoms. The fraction of sp³-hybridized carbons (Fsp3) is 0.261. The lowest BCUT2D eigenvalue weighted by Crippen LogP contribution is -2.74. The van der Waals surface area contributed by atoms with Gasteiger partial charge in [-0.1, -0.05) is 18.2 Å². The maximum Gasteiger partial charge on any atom is 0.337 e. The first kappa shape index (κ1) is 24.1. The zero-order valence-corrected chi connectivity index (χ0v) is 19.3. The van der Waals surface area contributed by atoms with Gasteiger partial charge in [-0.25, -0.2) is 4.79 Å². The molecule has 2 heterocycles. The molecular weight excluding hydrogens is 478 g/mol. The molecule has 4 rings (SSSR count). The highest BCUT2D eigenvalue weighted by atomic mass is 32.2. The van der Waals surface area contributed by atoms with Crippen molar-refractivity contribution in [2.75, 3.05) is 13.7 Å². The van der Waals surface area contributed by atoms with Crippen LogP contribution >= 0.6 is 11.8 Å². The number of fused-ring (bicyclic) bond motifs is 1. The molecule has 35 heavy (non-hydrogen) atoms. The Labute approximate surface area is 204 Å². The normalized spacial score (nSPS) is 20.6. The molecule has 3 atom stereocenters. The van der Waals surface area contributed by atoms with Crippen LogP contribution in [0.5, 0.6) is 5.75 Å². The van der Waals surface area contributed by atoms with Crippen LogP contribution in [0.25, 0.3) is 0 Å². The summed E-state index contributed by atoms with van der Waals surface area (Å²) in [6.07, 6.45) is 0. The molecule has 0 aliphatic carbocycles. The summed E-state index contributed by atoms with van der Waals surface area (Å²) in [7, 11) is 1.38. The van der Waals surface area contributed by atoms with E-state index in [0.29, 0.717) is 11.3 Å². The Morgan fingerprint density at radius 2 is 1.86 bits per heavy atom. The second-order valence-electron chi connectivity index (χ2n) is 7.58. The Bertz CT molecular complexity index is 1160. The van der Waals surface area contributed by atoms with Crippen molar-refractivity contribution in [1.29, 1.82) is 0 Å². The average molecular weight is 500 g/mol. The van der Waals surface area contributed by atoms with Gasteiger partial charge in [0.25, 0.3) is 11.6 Å². The van der Waals surface area contributed by atoms with Gasteiger partial charge in [0.1, 0.15) is 29.5 Å². The summed E-state index contributed by atoms with van der Waals surface area (Å²) in [5, 5.41) is 14.5. The van der Waals surface area contributed by atoms with Gasteiger partial charge in [-0.2, -0.15) is 0 Å². The monoisotopic (exact) mass is 499 g/mol. The van der Waals surface area contributed by atoms with Gasteiger partial charge in [0, 0.05) is 17.5 Å². The van der Waals surface area contributed by atoms with E-state index in [-0.39, 0.29) is 24.7 Å². The molecule has 2 aromatic carbocycles. The lowest BCUT2D eigenvalue weighted by molar-refractivity contribution is -0.384. The van der Waals surface area contributed by atoms with Gasteiger partial charge < -0.3 is 24.4 Å². The summed E-state index contributed by atoms with van der Waals surface area (Å²) >= 11 is 1.24. The number of carbonyl (C=O) groups is 3. The number of thioether (sulfide) groups is 1. The average Bonchev–Trinajstić information content (AvgIpc) is 2.88. The van der Waals surface area contributed by atoms with Gasteiger partial charge >= 0.3 is 5.97 Å². The SMILES string of the molecule is COC1=CS[C@H]2[C@H](NC(=O)COc3ccccc3)C(=O)N2C1C(=O)OCc1ccc([N+](=O)[O-])cc1. The number of nitro benzene ring substituents is 1. The number of nitro groups is 1. The number of β-lactam (4-membered cyclic amide) rings is 1. The van der Waals surface area contributed by atoms with Crippen LogP contribution in [0.3, 0.4) is 0 Å². The molecule has 1 unspecified atom stereocenters. The maximum absolute atomic E-state index is 12.9. The third-order valence-electron chi connectivity index (χ3n) is 5.37. The zero-order valence-electron chi connectivity index (χ0n) is 18.5. The minimum atomic E-state index is -1.11. The predicted molar refractivity (Wildman–Crippen MR) is 124 cm³/mol. The molecule has 2 aliphatic heterocycles. The predicted octanol–water partition coefficient (Wildman–Crippen LogP) is 1.97. The Hall–Kier alpha value is -4.06. The number of hydrogen-bond acceptors (Lipinski definition) is 9. The summed E-state index contributed by atoms with van der Waals surface area (Å²) in [4.78, 5) is 49.6. The van der Waals surface area contributed by atoms with Crippen LogP contribution in [0.2, 0.25) is 0 Å². The molecule has 2 aromatic rings.